The van der Waals surface area contributed by atoms with Crippen LogP contribution < -0.4 is 15.4 Å². The third-order valence-corrected chi connectivity index (χ3v) is 6.25. The second-order valence-corrected chi connectivity index (χ2v) is 8.73. The van der Waals surface area contributed by atoms with Crippen LogP contribution >= 0.6 is 0 Å². The molecule has 0 bridgehead atoms. The summed E-state index contributed by atoms with van der Waals surface area (Å²) in [6, 6.07) is 24.9. The molecule has 1 aliphatic carbocycles. The zero-order valence-electron chi connectivity index (χ0n) is 20.2. The summed E-state index contributed by atoms with van der Waals surface area (Å²) >= 11 is 0. The Morgan fingerprint density at radius 2 is 1.81 bits per heavy atom. The van der Waals surface area contributed by atoms with Gasteiger partial charge in [-0.1, -0.05) is 53.7 Å². The average Bonchev–Trinajstić information content (AvgIpc) is 2.95. The number of ether oxygens (including phenoxy) is 1. The van der Waals surface area contributed by atoms with Crippen molar-refractivity contribution in [1.82, 2.24) is 9.97 Å². The molecule has 37 heavy (non-hydrogen) atoms. The van der Waals surface area contributed by atoms with E-state index in [0.717, 1.165) is 17.0 Å². The van der Waals surface area contributed by atoms with Crippen molar-refractivity contribution in [2.75, 3.05) is 23.8 Å². The van der Waals surface area contributed by atoms with Crippen molar-refractivity contribution in [3.05, 3.63) is 114 Å². The first-order valence-electron chi connectivity index (χ1n) is 12.1. The molecule has 2 heterocycles. The van der Waals surface area contributed by atoms with E-state index in [4.69, 9.17) is 9.72 Å². The number of fused-ring (bicyclic) bond motifs is 1. The number of amides is 1. The molecule has 0 saturated carbocycles. The van der Waals surface area contributed by atoms with Crippen molar-refractivity contribution >= 4 is 23.1 Å². The summed E-state index contributed by atoms with van der Waals surface area (Å²) < 4.78 is 5.79. The van der Waals surface area contributed by atoms with E-state index in [2.05, 4.69) is 32.9 Å². The molecule has 2 aromatic carbocycles. The van der Waals surface area contributed by atoms with Crippen LogP contribution in [-0.4, -0.2) is 39.9 Å². The van der Waals surface area contributed by atoms with Crippen LogP contribution in [0.15, 0.2) is 96.4 Å². The van der Waals surface area contributed by atoms with E-state index in [1.165, 1.54) is 0 Å². The fourth-order valence-electron chi connectivity index (χ4n) is 4.46. The fraction of sp³-hybridized carbons (Fsp3) is 0.172. The molecule has 186 valence electrons. The topological polar surface area (TPSA) is 109 Å². The first-order valence-corrected chi connectivity index (χ1v) is 12.1. The van der Waals surface area contributed by atoms with Gasteiger partial charge in [-0.05, 0) is 48.2 Å². The van der Waals surface area contributed by atoms with Crippen LogP contribution in [0.3, 0.4) is 0 Å². The minimum atomic E-state index is -0.336. The van der Waals surface area contributed by atoms with Gasteiger partial charge in [0.2, 0.25) is 0 Å². The number of pyridine rings is 2. The van der Waals surface area contributed by atoms with Gasteiger partial charge in [0, 0.05) is 18.2 Å². The van der Waals surface area contributed by atoms with Crippen LogP contribution in [0.25, 0.3) is 0 Å². The maximum Gasteiger partial charge on any atom is 0.259 e. The van der Waals surface area contributed by atoms with Crippen LogP contribution in [0.5, 0.6) is 5.75 Å². The van der Waals surface area contributed by atoms with Crippen molar-refractivity contribution in [1.29, 1.82) is 0 Å². The quantitative estimate of drug-likeness (QED) is 0.178. The first-order chi connectivity index (χ1) is 18.2. The normalized spacial score (nSPS) is 15.6. The Morgan fingerprint density at radius 3 is 2.54 bits per heavy atom. The van der Waals surface area contributed by atoms with Crippen molar-refractivity contribution in [2.24, 2.45) is 5.16 Å². The van der Waals surface area contributed by atoms with E-state index in [-0.39, 0.29) is 11.8 Å². The van der Waals surface area contributed by atoms with Crippen LogP contribution in [0.4, 0.5) is 11.5 Å². The molecule has 0 aliphatic heterocycles. The van der Waals surface area contributed by atoms with Crippen molar-refractivity contribution in [2.45, 2.75) is 18.8 Å². The number of rotatable bonds is 8. The van der Waals surface area contributed by atoms with E-state index in [1.54, 1.807) is 30.6 Å². The van der Waals surface area contributed by atoms with Crippen LogP contribution in [-0.2, 0) is 6.42 Å². The molecule has 1 aliphatic rings. The van der Waals surface area contributed by atoms with Crippen LogP contribution in [0.2, 0.25) is 0 Å². The summed E-state index contributed by atoms with van der Waals surface area (Å²) in [5.41, 5.74) is 4.04. The number of nitrogens with one attached hydrogen (secondary N) is 2. The lowest BCUT2D eigenvalue weighted by molar-refractivity contribution is 0.102. The monoisotopic (exact) mass is 493 g/mol. The highest BCUT2D eigenvalue weighted by atomic mass is 16.5. The molecule has 3 N–H and O–H groups in total. The number of oxime groups is 1. The molecule has 0 spiro atoms. The highest BCUT2D eigenvalue weighted by Crippen LogP contribution is 2.34. The van der Waals surface area contributed by atoms with Crippen molar-refractivity contribution in [3.8, 4) is 5.75 Å². The number of benzene rings is 2. The molecule has 1 atom stereocenters. The van der Waals surface area contributed by atoms with Crippen LogP contribution in [0.1, 0.15) is 39.5 Å². The largest absolute Gasteiger partial charge is 0.492 e. The zero-order chi connectivity index (χ0) is 25.5. The van der Waals surface area contributed by atoms with Crippen LogP contribution in [0, 0.1) is 0 Å². The SMILES string of the molecule is O=C(Nc1cccnc1)c1cc2c(nc1NCCOc1ccccc1)CC(c1ccccc1)C/C2=N\O. The third-order valence-electron chi connectivity index (χ3n) is 6.25. The summed E-state index contributed by atoms with van der Waals surface area (Å²) in [6.45, 7) is 0.833. The predicted octanol–water partition coefficient (Wildman–Crippen LogP) is 5.13. The smallest absolute Gasteiger partial charge is 0.259 e. The number of para-hydroxylation sites is 1. The summed E-state index contributed by atoms with van der Waals surface area (Å²) in [4.78, 5) is 22.2. The highest BCUT2D eigenvalue weighted by Gasteiger charge is 2.29. The molecular weight excluding hydrogens is 466 g/mol. The van der Waals surface area contributed by atoms with Gasteiger partial charge in [-0.25, -0.2) is 4.98 Å². The number of nitrogens with zero attached hydrogens (tertiary/aromatic N) is 3. The summed E-state index contributed by atoms with van der Waals surface area (Å²) in [7, 11) is 0. The van der Waals surface area contributed by atoms with Gasteiger partial charge in [0.05, 0.1) is 35.4 Å². The van der Waals surface area contributed by atoms with Gasteiger partial charge in [-0.2, -0.15) is 0 Å². The zero-order valence-corrected chi connectivity index (χ0v) is 20.2. The lowest BCUT2D eigenvalue weighted by Crippen LogP contribution is -2.25. The molecule has 2 aromatic heterocycles. The Balaban J connectivity index is 1.43. The standard InChI is InChI=1S/C29H27N5O3/c35-29(32-22-10-7-13-30-19-22)25-18-24-26(16-21(17-27(24)34-36)20-8-3-1-4-9-20)33-28(25)31-14-15-37-23-11-5-2-6-12-23/h1-13,18-19,21,36H,14-17H2,(H,31,33)(H,32,35)/b34-27+. The molecular formula is C29H27N5O3. The molecule has 1 unspecified atom stereocenters. The minimum Gasteiger partial charge on any atom is -0.492 e. The molecule has 0 fully saturated rings. The number of hydrogen-bond donors (Lipinski definition) is 3. The second-order valence-electron chi connectivity index (χ2n) is 8.73. The average molecular weight is 494 g/mol. The van der Waals surface area contributed by atoms with Crippen molar-refractivity contribution in [3.63, 3.8) is 0 Å². The molecule has 8 nitrogen and oxygen atoms in total. The second kappa shape index (κ2) is 11.3. The summed E-state index contributed by atoms with van der Waals surface area (Å²) in [5, 5.41) is 19.6. The maximum atomic E-state index is 13.3. The predicted molar refractivity (Wildman–Crippen MR) is 143 cm³/mol. The number of aromatic nitrogens is 2. The molecule has 8 heteroatoms. The molecule has 4 aromatic rings. The van der Waals surface area contributed by atoms with E-state index < -0.39 is 0 Å². The molecule has 0 saturated heterocycles. The van der Waals surface area contributed by atoms with E-state index in [1.807, 2.05) is 48.5 Å². The van der Waals surface area contributed by atoms with E-state index >= 15 is 0 Å². The van der Waals surface area contributed by atoms with Gasteiger partial charge in [-0.15, -0.1) is 0 Å². The Bertz CT molecular complexity index is 1380. The number of hydrogen-bond acceptors (Lipinski definition) is 7. The lowest BCUT2D eigenvalue weighted by atomic mass is 9.81. The minimum absolute atomic E-state index is 0.122. The van der Waals surface area contributed by atoms with Gasteiger partial charge >= 0.3 is 0 Å². The Labute approximate surface area is 215 Å². The van der Waals surface area contributed by atoms with Gasteiger partial charge in [-0.3, -0.25) is 9.78 Å². The number of anilines is 2. The number of carbonyl (C=O) groups excluding carboxylic acids is 1. The first kappa shape index (κ1) is 24.0. The van der Waals surface area contributed by atoms with E-state index in [0.29, 0.717) is 54.3 Å². The Kier molecular flexibility index (Phi) is 7.36. The summed E-state index contributed by atoms with van der Waals surface area (Å²) in [5.74, 6) is 1.00. The van der Waals surface area contributed by atoms with Gasteiger partial charge < -0.3 is 20.6 Å². The maximum absolute atomic E-state index is 13.3. The summed E-state index contributed by atoms with van der Waals surface area (Å²) in [6.07, 6.45) is 4.44. The Hall–Kier alpha value is -4.72. The highest BCUT2D eigenvalue weighted by molar-refractivity contribution is 6.10. The lowest BCUT2D eigenvalue weighted by Gasteiger charge is -2.26. The molecule has 5 rings (SSSR count). The van der Waals surface area contributed by atoms with Gasteiger partial charge in [0.25, 0.3) is 5.91 Å². The van der Waals surface area contributed by atoms with Gasteiger partial charge in [0.1, 0.15) is 18.2 Å². The van der Waals surface area contributed by atoms with E-state index in [9.17, 15) is 10.0 Å². The van der Waals surface area contributed by atoms with Gasteiger partial charge in [0.15, 0.2) is 0 Å². The Morgan fingerprint density at radius 1 is 1.03 bits per heavy atom. The third kappa shape index (κ3) is 5.75. The van der Waals surface area contributed by atoms with Crippen molar-refractivity contribution < 1.29 is 14.7 Å². The fourth-order valence-corrected chi connectivity index (χ4v) is 4.46. The number of carbonyl (C=O) groups is 1. The molecule has 0 radical (unpaired) electrons. The molecule has 1 amide bonds.